The summed E-state index contributed by atoms with van der Waals surface area (Å²) < 4.78 is 11.9. The molecule has 5 unspecified atom stereocenters. The van der Waals surface area contributed by atoms with E-state index < -0.39 is 0 Å². The van der Waals surface area contributed by atoms with Gasteiger partial charge in [0.1, 0.15) is 0 Å². The Hall–Kier alpha value is -0.560. The van der Waals surface area contributed by atoms with Crippen LogP contribution >= 0.6 is 11.8 Å². The van der Waals surface area contributed by atoms with E-state index in [0.717, 1.165) is 38.0 Å². The fourth-order valence-corrected chi connectivity index (χ4v) is 5.42. The number of hydrogen-bond acceptors (Lipinski definition) is 5. The van der Waals surface area contributed by atoms with Gasteiger partial charge in [0.2, 0.25) is 5.91 Å². The zero-order valence-corrected chi connectivity index (χ0v) is 17.0. The minimum absolute atomic E-state index is 0.294. The molecule has 2 saturated heterocycles. The number of carbonyl (C=O) groups is 1. The van der Waals surface area contributed by atoms with Gasteiger partial charge in [0, 0.05) is 18.3 Å². The summed E-state index contributed by atoms with van der Waals surface area (Å²) in [6, 6.07) is 0. The van der Waals surface area contributed by atoms with Crippen molar-refractivity contribution in [2.24, 2.45) is 11.8 Å². The number of ether oxygens (including phenoxy) is 2. The fourth-order valence-electron chi connectivity index (χ4n) is 4.07. The van der Waals surface area contributed by atoms with Gasteiger partial charge in [-0.2, -0.15) is 11.8 Å². The topological polar surface area (TPSA) is 67.8 Å². The van der Waals surface area contributed by atoms with Crippen LogP contribution < -0.4 is 5.48 Å². The van der Waals surface area contributed by atoms with Crippen molar-refractivity contribution in [1.82, 2.24) is 5.48 Å². The summed E-state index contributed by atoms with van der Waals surface area (Å²) in [5, 5.41) is 9.06. The molecule has 0 aromatic heterocycles. The van der Waals surface area contributed by atoms with Crippen LogP contribution in [0.3, 0.4) is 0 Å². The van der Waals surface area contributed by atoms with Crippen LogP contribution in [-0.2, 0) is 14.3 Å². The summed E-state index contributed by atoms with van der Waals surface area (Å²) in [5.41, 5.74) is 1.70. The molecule has 1 amide bonds. The first-order valence-electron chi connectivity index (χ1n) is 10.1. The van der Waals surface area contributed by atoms with Gasteiger partial charge in [-0.3, -0.25) is 10.0 Å². The molecular weight excluding hydrogens is 350 g/mol. The van der Waals surface area contributed by atoms with E-state index >= 15 is 0 Å². The number of fused-ring (bicyclic) bond motifs is 2. The lowest BCUT2D eigenvalue weighted by Crippen LogP contribution is -2.30. The van der Waals surface area contributed by atoms with Crippen molar-refractivity contribution in [2.45, 2.75) is 76.3 Å². The number of hydrogen-bond donors (Lipinski definition) is 2. The minimum atomic E-state index is -0.294. The number of carbonyl (C=O) groups excluding carboxylic acids is 1. The Kier molecular flexibility index (Phi) is 10.0. The van der Waals surface area contributed by atoms with E-state index in [1.54, 1.807) is 5.48 Å². The highest BCUT2D eigenvalue weighted by Gasteiger charge is 2.48. The molecule has 2 aliphatic rings. The van der Waals surface area contributed by atoms with Crippen molar-refractivity contribution < 1.29 is 19.5 Å². The van der Waals surface area contributed by atoms with Crippen LogP contribution in [0.1, 0.15) is 58.8 Å². The van der Waals surface area contributed by atoms with Gasteiger partial charge in [0.25, 0.3) is 0 Å². The Morgan fingerprint density at radius 3 is 2.85 bits per heavy atom. The summed E-state index contributed by atoms with van der Waals surface area (Å²) in [4.78, 5) is 11.1. The molecule has 6 heteroatoms. The van der Waals surface area contributed by atoms with Crippen molar-refractivity contribution in [1.29, 1.82) is 0 Å². The molecule has 5 atom stereocenters. The molecule has 2 N–H and O–H groups in total. The molecule has 0 saturated carbocycles. The normalized spacial score (nSPS) is 28.7. The molecule has 2 rings (SSSR count). The maximum Gasteiger partial charge on any atom is 0.243 e. The van der Waals surface area contributed by atoms with Crippen LogP contribution in [0.15, 0.2) is 12.2 Å². The highest BCUT2D eigenvalue weighted by atomic mass is 32.2. The molecule has 5 nitrogen and oxygen atoms in total. The first-order valence-corrected chi connectivity index (χ1v) is 11.1. The molecule has 0 radical (unpaired) electrons. The number of amides is 1. The van der Waals surface area contributed by atoms with E-state index in [2.05, 4.69) is 26.0 Å². The first-order chi connectivity index (χ1) is 12.7. The lowest BCUT2D eigenvalue weighted by atomic mass is 9.79. The van der Waals surface area contributed by atoms with Gasteiger partial charge in [-0.1, -0.05) is 26.0 Å². The SMILES string of the molecule is CCC=CCOCCC1C2CCC(O2)C1CSC(C)CCCC(=O)NO. The van der Waals surface area contributed by atoms with Crippen LogP contribution in [-0.4, -0.2) is 47.5 Å². The fraction of sp³-hybridized carbons (Fsp3) is 0.850. The number of thioether (sulfide) groups is 1. The third-order valence-electron chi connectivity index (χ3n) is 5.51. The molecule has 2 bridgehead atoms. The van der Waals surface area contributed by atoms with Gasteiger partial charge in [-0.05, 0) is 56.1 Å². The van der Waals surface area contributed by atoms with Gasteiger partial charge < -0.3 is 9.47 Å². The Labute approximate surface area is 162 Å². The van der Waals surface area contributed by atoms with Crippen molar-refractivity contribution >= 4 is 17.7 Å². The summed E-state index contributed by atoms with van der Waals surface area (Å²) in [6.45, 7) is 5.90. The maximum absolute atomic E-state index is 11.1. The molecular formula is C20H35NO4S. The number of hydroxylamine groups is 1. The van der Waals surface area contributed by atoms with E-state index in [9.17, 15) is 4.79 Å². The largest absolute Gasteiger partial charge is 0.377 e. The van der Waals surface area contributed by atoms with E-state index in [-0.39, 0.29) is 5.91 Å². The molecule has 0 spiro atoms. The summed E-state index contributed by atoms with van der Waals surface area (Å²) in [6.07, 6.45) is 11.9. The number of rotatable bonds is 13. The Bertz CT molecular complexity index is 446. The Morgan fingerprint density at radius 1 is 1.35 bits per heavy atom. The van der Waals surface area contributed by atoms with Crippen LogP contribution in [0.4, 0.5) is 0 Å². The van der Waals surface area contributed by atoms with Crippen molar-refractivity contribution in [3.63, 3.8) is 0 Å². The van der Waals surface area contributed by atoms with Gasteiger partial charge in [0.15, 0.2) is 0 Å². The molecule has 26 heavy (non-hydrogen) atoms. The lowest BCUT2D eigenvalue weighted by molar-refractivity contribution is -0.129. The zero-order valence-electron chi connectivity index (χ0n) is 16.2. The number of nitrogens with one attached hydrogen (secondary N) is 1. The molecule has 0 aromatic rings. The van der Waals surface area contributed by atoms with Crippen LogP contribution in [0.25, 0.3) is 0 Å². The average molecular weight is 386 g/mol. The summed E-state index contributed by atoms with van der Waals surface area (Å²) >= 11 is 2.00. The molecule has 2 fully saturated rings. The third kappa shape index (κ3) is 6.87. The van der Waals surface area contributed by atoms with Gasteiger partial charge >= 0.3 is 0 Å². The Balaban J connectivity index is 1.67. The van der Waals surface area contributed by atoms with Gasteiger partial charge in [-0.15, -0.1) is 0 Å². The summed E-state index contributed by atoms with van der Waals surface area (Å²) in [5.74, 6) is 2.10. The highest BCUT2D eigenvalue weighted by molar-refractivity contribution is 7.99. The first kappa shape index (κ1) is 21.7. The Morgan fingerprint density at radius 2 is 2.12 bits per heavy atom. The molecule has 0 aliphatic carbocycles. The van der Waals surface area contributed by atoms with E-state index in [1.807, 2.05) is 11.8 Å². The van der Waals surface area contributed by atoms with Crippen LogP contribution in [0.2, 0.25) is 0 Å². The number of allylic oxidation sites excluding steroid dienone is 1. The second kappa shape index (κ2) is 12.0. The molecule has 2 heterocycles. The van der Waals surface area contributed by atoms with Crippen molar-refractivity contribution in [2.75, 3.05) is 19.0 Å². The smallest absolute Gasteiger partial charge is 0.243 e. The monoisotopic (exact) mass is 385 g/mol. The molecule has 0 aromatic carbocycles. The second-order valence-corrected chi connectivity index (χ2v) is 8.90. The third-order valence-corrected chi connectivity index (χ3v) is 6.90. The molecule has 2 aliphatic heterocycles. The predicted octanol–water partition coefficient (Wildman–Crippen LogP) is 3.95. The van der Waals surface area contributed by atoms with Gasteiger partial charge in [0.05, 0.1) is 18.8 Å². The van der Waals surface area contributed by atoms with E-state index in [0.29, 0.717) is 42.3 Å². The molecule has 150 valence electrons. The second-order valence-electron chi connectivity index (χ2n) is 7.43. The van der Waals surface area contributed by atoms with Crippen molar-refractivity contribution in [3.8, 4) is 0 Å². The zero-order chi connectivity index (χ0) is 18.8. The lowest BCUT2D eigenvalue weighted by Gasteiger charge is -2.28. The van der Waals surface area contributed by atoms with Crippen LogP contribution in [0, 0.1) is 11.8 Å². The quantitative estimate of drug-likeness (QED) is 0.217. The summed E-state index contributed by atoms with van der Waals surface area (Å²) in [7, 11) is 0. The highest BCUT2D eigenvalue weighted by Crippen LogP contribution is 2.46. The van der Waals surface area contributed by atoms with E-state index in [1.165, 1.54) is 12.8 Å². The predicted molar refractivity (Wildman–Crippen MR) is 105 cm³/mol. The average Bonchev–Trinajstić information content (AvgIpc) is 3.24. The standard InChI is InChI=1S/C20H35NO4S/c1-3-4-5-12-24-13-11-16-17(19-10-9-18(16)25-19)14-26-15(2)7-6-8-20(22)21-23/h4-5,15-19,23H,3,6-14H2,1-2H3,(H,21,22). The van der Waals surface area contributed by atoms with E-state index in [4.69, 9.17) is 14.7 Å². The minimum Gasteiger partial charge on any atom is -0.377 e. The van der Waals surface area contributed by atoms with Crippen molar-refractivity contribution in [3.05, 3.63) is 12.2 Å². The van der Waals surface area contributed by atoms with Crippen LogP contribution in [0.5, 0.6) is 0 Å². The maximum atomic E-state index is 11.1. The van der Waals surface area contributed by atoms with Gasteiger partial charge in [-0.25, -0.2) is 5.48 Å².